The second-order valence-corrected chi connectivity index (χ2v) is 14.7. The molecule has 2 aromatic heterocycles. The number of aromatic nitrogens is 3. The molecule has 56 heavy (non-hydrogen) atoms. The van der Waals surface area contributed by atoms with Crippen LogP contribution in [0.5, 0.6) is 0 Å². The van der Waals surface area contributed by atoms with Gasteiger partial charge in [-0.05, 0) is 79.9 Å². The van der Waals surface area contributed by atoms with Crippen molar-refractivity contribution < 1.29 is 4.42 Å². The Hall–Kier alpha value is -7.43. The van der Waals surface area contributed by atoms with Gasteiger partial charge < -0.3 is 4.42 Å². The zero-order chi connectivity index (χ0) is 36.8. The monoisotopic (exact) mass is 713 g/mol. The van der Waals surface area contributed by atoms with Crippen LogP contribution < -0.4 is 0 Å². The van der Waals surface area contributed by atoms with Gasteiger partial charge in [-0.15, -0.1) is 0 Å². The van der Waals surface area contributed by atoms with Gasteiger partial charge in [-0.3, -0.25) is 0 Å². The van der Waals surface area contributed by atoms with Crippen molar-refractivity contribution in [2.24, 2.45) is 0 Å². The molecule has 2 heterocycles. The molecule has 0 amide bonds. The van der Waals surface area contributed by atoms with E-state index in [1.54, 1.807) is 0 Å². The Morgan fingerprint density at radius 3 is 1.34 bits per heavy atom. The zero-order valence-corrected chi connectivity index (χ0v) is 30.1. The van der Waals surface area contributed by atoms with Crippen LogP contribution in [0.3, 0.4) is 0 Å². The minimum absolute atomic E-state index is 0.384. The van der Waals surface area contributed by atoms with E-state index in [9.17, 15) is 0 Å². The zero-order valence-electron chi connectivity index (χ0n) is 30.1. The van der Waals surface area contributed by atoms with Gasteiger partial charge in [0.15, 0.2) is 17.5 Å². The van der Waals surface area contributed by atoms with E-state index in [1.165, 1.54) is 50.1 Å². The van der Waals surface area contributed by atoms with Gasteiger partial charge in [0.2, 0.25) is 0 Å². The summed E-state index contributed by atoms with van der Waals surface area (Å²) in [7, 11) is 0. The molecule has 10 aromatic rings. The van der Waals surface area contributed by atoms with Gasteiger partial charge in [-0.25, -0.2) is 15.0 Å². The van der Waals surface area contributed by atoms with Crippen LogP contribution >= 0.6 is 0 Å². The first-order valence-corrected chi connectivity index (χ1v) is 19.0. The average molecular weight is 714 g/mol. The van der Waals surface area contributed by atoms with E-state index < -0.39 is 0 Å². The normalized spacial score (nSPS) is 13.1. The lowest BCUT2D eigenvalue weighted by Gasteiger charge is -2.30. The summed E-state index contributed by atoms with van der Waals surface area (Å²) in [5, 5.41) is 2.13. The molecule has 4 heteroatoms. The van der Waals surface area contributed by atoms with Gasteiger partial charge >= 0.3 is 0 Å². The predicted molar refractivity (Wildman–Crippen MR) is 225 cm³/mol. The lowest BCUT2D eigenvalue weighted by atomic mass is 9.70. The van der Waals surface area contributed by atoms with Crippen molar-refractivity contribution in [2.75, 3.05) is 0 Å². The van der Waals surface area contributed by atoms with Crippen molar-refractivity contribution in [1.29, 1.82) is 0 Å². The van der Waals surface area contributed by atoms with E-state index in [0.29, 0.717) is 17.5 Å². The number of benzene rings is 8. The molecule has 260 valence electrons. The fourth-order valence-electron chi connectivity index (χ4n) is 9.41. The lowest BCUT2D eigenvalue weighted by molar-refractivity contribution is 0.669. The average Bonchev–Trinajstić information content (AvgIpc) is 3.90. The summed E-state index contributed by atoms with van der Waals surface area (Å²) in [6, 6.07) is 66.7. The Kier molecular flexibility index (Phi) is 6.52. The smallest absolute Gasteiger partial charge is 0.164 e. The quantitative estimate of drug-likeness (QED) is 0.182. The Morgan fingerprint density at radius 2 is 0.750 bits per heavy atom. The molecule has 4 nitrogen and oxygen atoms in total. The molecule has 1 spiro atoms. The largest absolute Gasteiger partial charge is 0.456 e. The van der Waals surface area contributed by atoms with E-state index in [4.69, 9.17) is 19.4 Å². The van der Waals surface area contributed by atoms with Gasteiger partial charge in [0.25, 0.3) is 0 Å². The summed E-state index contributed by atoms with van der Waals surface area (Å²) in [6.07, 6.45) is 0. The predicted octanol–water partition coefficient (Wildman–Crippen LogP) is 12.8. The molecule has 12 rings (SSSR count). The van der Waals surface area contributed by atoms with Gasteiger partial charge in [0, 0.05) is 27.5 Å². The minimum Gasteiger partial charge on any atom is -0.456 e. The van der Waals surface area contributed by atoms with E-state index in [-0.39, 0.29) is 5.41 Å². The summed E-state index contributed by atoms with van der Waals surface area (Å²) >= 11 is 0. The molecule has 0 aliphatic heterocycles. The van der Waals surface area contributed by atoms with E-state index in [0.717, 1.165) is 44.2 Å². The molecule has 0 fully saturated rings. The second kappa shape index (κ2) is 11.8. The Balaban J connectivity index is 1.01. The SMILES string of the molecule is c1ccc(-c2nc(-c3ccccc3)nc(-c3ccc4c(c3)oc3cc(-c5cccc6c5-c5ccccc5C65c6ccccc6-c6ccccc65)ccc34)n2)cc1. The Bertz CT molecular complexity index is 3100. The van der Waals surface area contributed by atoms with Crippen molar-refractivity contribution >= 4 is 21.9 Å². The van der Waals surface area contributed by atoms with Gasteiger partial charge in [0.1, 0.15) is 11.2 Å². The number of furan rings is 1. The number of hydrogen-bond acceptors (Lipinski definition) is 4. The van der Waals surface area contributed by atoms with E-state index in [2.05, 4.69) is 127 Å². The fraction of sp³-hybridized carbons (Fsp3) is 0.0192. The van der Waals surface area contributed by atoms with Crippen molar-refractivity contribution in [3.63, 3.8) is 0 Å². The maximum absolute atomic E-state index is 6.71. The van der Waals surface area contributed by atoms with E-state index in [1.807, 2.05) is 60.7 Å². The molecule has 2 aliphatic rings. The summed E-state index contributed by atoms with van der Waals surface area (Å²) in [5.41, 5.74) is 16.8. The van der Waals surface area contributed by atoms with Crippen molar-refractivity contribution in [3.05, 3.63) is 210 Å². The molecule has 0 bridgehead atoms. The third kappa shape index (κ3) is 4.32. The number of nitrogens with zero attached hydrogens (tertiary/aromatic N) is 3. The van der Waals surface area contributed by atoms with E-state index >= 15 is 0 Å². The van der Waals surface area contributed by atoms with Crippen LogP contribution in [0, 0.1) is 0 Å². The molecule has 0 radical (unpaired) electrons. The molecule has 0 saturated carbocycles. The number of hydrogen-bond donors (Lipinski definition) is 0. The van der Waals surface area contributed by atoms with Crippen LogP contribution in [0.15, 0.2) is 192 Å². The van der Waals surface area contributed by atoms with Gasteiger partial charge in [-0.2, -0.15) is 0 Å². The minimum atomic E-state index is -0.384. The molecule has 2 aliphatic carbocycles. The van der Waals surface area contributed by atoms with Crippen molar-refractivity contribution in [2.45, 2.75) is 5.41 Å². The second-order valence-electron chi connectivity index (χ2n) is 14.7. The third-order valence-corrected chi connectivity index (χ3v) is 11.8. The van der Waals surface area contributed by atoms with Crippen LogP contribution in [0.4, 0.5) is 0 Å². The molecule has 0 atom stereocenters. The highest BCUT2D eigenvalue weighted by Gasteiger charge is 2.51. The molecular weight excluding hydrogens is 683 g/mol. The maximum atomic E-state index is 6.71. The highest BCUT2D eigenvalue weighted by Crippen LogP contribution is 2.64. The summed E-state index contributed by atoms with van der Waals surface area (Å²) in [4.78, 5) is 14.8. The summed E-state index contributed by atoms with van der Waals surface area (Å²) in [5.74, 6) is 1.86. The maximum Gasteiger partial charge on any atom is 0.164 e. The molecule has 0 unspecified atom stereocenters. The lowest BCUT2D eigenvalue weighted by Crippen LogP contribution is -2.25. The first-order chi connectivity index (χ1) is 27.8. The molecule has 0 saturated heterocycles. The number of fused-ring (bicyclic) bond motifs is 13. The Morgan fingerprint density at radius 1 is 0.321 bits per heavy atom. The Labute approximate surface area is 323 Å². The number of rotatable bonds is 4. The van der Waals surface area contributed by atoms with Gasteiger partial charge in [-0.1, -0.05) is 164 Å². The molecular formula is C52H31N3O. The van der Waals surface area contributed by atoms with Crippen molar-refractivity contribution in [1.82, 2.24) is 15.0 Å². The first-order valence-electron chi connectivity index (χ1n) is 19.0. The first kappa shape index (κ1) is 31.0. The highest BCUT2D eigenvalue weighted by atomic mass is 16.3. The fourth-order valence-corrected chi connectivity index (χ4v) is 9.41. The van der Waals surface area contributed by atoms with Crippen molar-refractivity contribution in [3.8, 4) is 67.5 Å². The van der Waals surface area contributed by atoms with Crippen LogP contribution in [-0.4, -0.2) is 15.0 Å². The molecule has 0 N–H and O–H groups in total. The standard InChI is InChI=1S/C52H31N3O/c1-3-14-32(15-4-1)49-53-50(33-16-5-2-6-17-33)55-51(54-49)35-27-29-40-39-28-26-34(30-46(39)56-47(40)31-35)36-21-13-25-45-48(36)41-20-9-12-24-44(41)52(45)42-22-10-7-18-37(42)38-19-8-11-23-43(38)52/h1-31H. The van der Waals surface area contributed by atoms with Gasteiger partial charge in [0.05, 0.1) is 5.41 Å². The molecule has 8 aromatic carbocycles. The van der Waals surface area contributed by atoms with Crippen LogP contribution in [0.25, 0.3) is 89.5 Å². The third-order valence-electron chi connectivity index (χ3n) is 11.8. The van der Waals surface area contributed by atoms with Crippen LogP contribution in [0.2, 0.25) is 0 Å². The summed E-state index contributed by atoms with van der Waals surface area (Å²) < 4.78 is 6.71. The van der Waals surface area contributed by atoms with Crippen LogP contribution in [-0.2, 0) is 5.41 Å². The summed E-state index contributed by atoms with van der Waals surface area (Å²) in [6.45, 7) is 0. The highest BCUT2D eigenvalue weighted by molar-refractivity contribution is 6.08. The van der Waals surface area contributed by atoms with Crippen LogP contribution in [0.1, 0.15) is 22.3 Å². The topological polar surface area (TPSA) is 51.8 Å².